The summed E-state index contributed by atoms with van der Waals surface area (Å²) in [5.41, 5.74) is 3.36. The quantitative estimate of drug-likeness (QED) is 0.339. The molecule has 0 fully saturated rings. The average molecular weight is 475 g/mol. The lowest BCUT2D eigenvalue weighted by Gasteiger charge is -2.06. The van der Waals surface area contributed by atoms with Crippen molar-refractivity contribution in [2.24, 2.45) is 0 Å². The molecule has 0 aliphatic carbocycles. The van der Waals surface area contributed by atoms with Crippen LogP contribution in [0, 0.1) is 22.7 Å². The maximum absolute atomic E-state index is 12.5. The molecule has 0 spiro atoms. The van der Waals surface area contributed by atoms with E-state index < -0.39 is 11.8 Å². The van der Waals surface area contributed by atoms with Crippen molar-refractivity contribution in [2.45, 2.75) is 12.8 Å². The van der Waals surface area contributed by atoms with Crippen LogP contribution in [-0.4, -0.2) is 24.9 Å². The lowest BCUT2D eigenvalue weighted by molar-refractivity contribution is -0.117. The molecule has 36 heavy (non-hydrogen) atoms. The molecule has 0 aliphatic rings. The first kappa shape index (κ1) is 25.7. The Morgan fingerprint density at radius 2 is 1.06 bits per heavy atom. The molecule has 0 heterocycles. The van der Waals surface area contributed by atoms with Crippen molar-refractivity contribution < 1.29 is 9.59 Å². The first-order valence-electron chi connectivity index (χ1n) is 11.6. The lowest BCUT2D eigenvalue weighted by atomic mass is 10.1. The summed E-state index contributed by atoms with van der Waals surface area (Å²) in [6.45, 7) is 0.825. The van der Waals surface area contributed by atoms with Crippen molar-refractivity contribution in [3.63, 3.8) is 0 Å². The van der Waals surface area contributed by atoms with Crippen molar-refractivity contribution in [1.29, 1.82) is 10.5 Å². The van der Waals surface area contributed by atoms with Gasteiger partial charge in [0.05, 0.1) is 0 Å². The van der Waals surface area contributed by atoms with Crippen LogP contribution in [0.2, 0.25) is 0 Å². The Bertz CT molecular complexity index is 1230. The molecule has 3 rings (SSSR count). The third-order valence-corrected chi connectivity index (χ3v) is 5.35. The van der Waals surface area contributed by atoms with Crippen LogP contribution >= 0.6 is 0 Å². The zero-order valence-corrected chi connectivity index (χ0v) is 19.8. The minimum atomic E-state index is -0.454. The van der Waals surface area contributed by atoms with Crippen LogP contribution in [0.5, 0.6) is 0 Å². The van der Waals surface area contributed by atoms with Gasteiger partial charge in [-0.2, -0.15) is 10.5 Å². The van der Waals surface area contributed by atoms with Crippen molar-refractivity contribution >= 4 is 24.0 Å². The fourth-order valence-electron chi connectivity index (χ4n) is 3.49. The molecular formula is C30H26N4O2. The van der Waals surface area contributed by atoms with E-state index in [9.17, 15) is 20.1 Å². The highest BCUT2D eigenvalue weighted by Gasteiger charge is 2.10. The summed E-state index contributed by atoms with van der Waals surface area (Å²) in [4.78, 5) is 24.9. The lowest BCUT2D eigenvalue weighted by Crippen LogP contribution is -2.26. The second-order valence-electron chi connectivity index (χ2n) is 7.99. The molecule has 6 nitrogen and oxygen atoms in total. The molecule has 3 aromatic rings. The van der Waals surface area contributed by atoms with Gasteiger partial charge in [0.2, 0.25) is 0 Å². The standard InChI is InChI=1S/C30H26N4O2/c31-21-27(29(35)33-16-14-23-8-3-1-4-9-23)19-25-12-7-13-26(18-25)20-28(22-32)30(36)34-17-15-24-10-5-2-6-11-24/h1-13,18-20H,14-17H2,(H,33,35)(H,34,36)/b27-19+,28-20+. The van der Waals surface area contributed by atoms with Crippen molar-refractivity contribution in [3.05, 3.63) is 118 Å². The molecular weight excluding hydrogens is 448 g/mol. The number of nitrogens with one attached hydrogen (secondary N) is 2. The van der Waals surface area contributed by atoms with Crippen LogP contribution in [0.1, 0.15) is 22.3 Å². The molecule has 178 valence electrons. The summed E-state index contributed by atoms with van der Waals surface area (Å²) in [7, 11) is 0. The van der Waals surface area contributed by atoms with E-state index in [2.05, 4.69) is 10.6 Å². The molecule has 6 heteroatoms. The fraction of sp³-hybridized carbons (Fsp3) is 0.133. The molecule has 0 aliphatic heterocycles. The largest absolute Gasteiger partial charge is 0.351 e. The normalized spacial score (nSPS) is 11.2. The molecule has 0 radical (unpaired) electrons. The number of hydrogen-bond donors (Lipinski definition) is 2. The van der Waals surface area contributed by atoms with E-state index in [0.29, 0.717) is 37.1 Å². The van der Waals surface area contributed by atoms with Gasteiger partial charge in [0.25, 0.3) is 11.8 Å². The van der Waals surface area contributed by atoms with Gasteiger partial charge in [-0.15, -0.1) is 0 Å². The second-order valence-corrected chi connectivity index (χ2v) is 7.99. The maximum Gasteiger partial charge on any atom is 0.261 e. The fourth-order valence-corrected chi connectivity index (χ4v) is 3.49. The number of nitriles is 2. The Labute approximate surface area is 211 Å². The van der Waals surface area contributed by atoms with Crippen LogP contribution in [0.4, 0.5) is 0 Å². The molecule has 0 aromatic heterocycles. The first-order chi connectivity index (χ1) is 17.6. The number of nitrogens with zero attached hydrogens (tertiary/aromatic N) is 2. The SMILES string of the molecule is N#C/C(=C\c1cccc(/C=C(\C#N)C(=O)NCCc2ccccc2)c1)C(=O)NCCc1ccccc1. The van der Waals surface area contributed by atoms with Gasteiger partial charge in [0.1, 0.15) is 23.3 Å². The highest BCUT2D eigenvalue weighted by Crippen LogP contribution is 2.13. The Morgan fingerprint density at radius 1 is 0.639 bits per heavy atom. The van der Waals surface area contributed by atoms with Crippen LogP contribution in [-0.2, 0) is 22.4 Å². The van der Waals surface area contributed by atoms with E-state index in [1.165, 1.54) is 12.2 Å². The topological polar surface area (TPSA) is 106 Å². The highest BCUT2D eigenvalue weighted by molar-refractivity contribution is 6.02. The Morgan fingerprint density at radius 3 is 1.44 bits per heavy atom. The average Bonchev–Trinajstić information content (AvgIpc) is 2.91. The number of benzene rings is 3. The third-order valence-electron chi connectivity index (χ3n) is 5.35. The predicted molar refractivity (Wildman–Crippen MR) is 140 cm³/mol. The minimum absolute atomic E-state index is 0.0247. The minimum Gasteiger partial charge on any atom is -0.351 e. The van der Waals surface area contributed by atoms with Gasteiger partial charge in [0.15, 0.2) is 0 Å². The number of carbonyl (C=O) groups is 2. The Kier molecular flexibility index (Phi) is 9.77. The van der Waals surface area contributed by atoms with Crippen molar-refractivity contribution in [3.8, 4) is 12.1 Å². The summed E-state index contributed by atoms with van der Waals surface area (Å²) in [6.07, 6.45) is 4.30. The van der Waals surface area contributed by atoms with Crippen LogP contribution < -0.4 is 10.6 Å². The van der Waals surface area contributed by atoms with Gasteiger partial charge >= 0.3 is 0 Å². The molecule has 0 atom stereocenters. The van der Waals surface area contributed by atoms with Gasteiger partial charge in [-0.25, -0.2) is 0 Å². The predicted octanol–water partition coefficient (Wildman–Crippen LogP) is 4.22. The summed E-state index contributed by atoms with van der Waals surface area (Å²) in [6, 6.07) is 30.3. The zero-order valence-electron chi connectivity index (χ0n) is 19.8. The van der Waals surface area contributed by atoms with E-state index in [1.807, 2.05) is 72.8 Å². The van der Waals surface area contributed by atoms with Crippen molar-refractivity contribution in [1.82, 2.24) is 10.6 Å². The number of amides is 2. The van der Waals surface area contributed by atoms with E-state index in [0.717, 1.165) is 11.1 Å². The number of rotatable bonds is 10. The molecule has 2 amide bonds. The van der Waals surface area contributed by atoms with E-state index >= 15 is 0 Å². The Hall–Kier alpha value is -4.94. The van der Waals surface area contributed by atoms with Gasteiger partial charge in [0, 0.05) is 13.1 Å². The highest BCUT2D eigenvalue weighted by atomic mass is 16.2. The van der Waals surface area contributed by atoms with E-state index in [-0.39, 0.29) is 11.1 Å². The first-order valence-corrected chi connectivity index (χ1v) is 11.6. The number of hydrogen-bond acceptors (Lipinski definition) is 4. The van der Waals surface area contributed by atoms with E-state index in [4.69, 9.17) is 0 Å². The molecule has 0 saturated carbocycles. The molecule has 0 saturated heterocycles. The van der Waals surface area contributed by atoms with Crippen LogP contribution in [0.15, 0.2) is 96.1 Å². The van der Waals surface area contributed by atoms with Crippen molar-refractivity contribution in [2.75, 3.05) is 13.1 Å². The third kappa shape index (κ3) is 8.13. The molecule has 2 N–H and O–H groups in total. The number of carbonyl (C=O) groups excluding carboxylic acids is 2. The maximum atomic E-state index is 12.5. The van der Waals surface area contributed by atoms with Crippen LogP contribution in [0.25, 0.3) is 12.2 Å². The Balaban J connectivity index is 1.62. The zero-order chi connectivity index (χ0) is 25.6. The summed E-state index contributed by atoms with van der Waals surface area (Å²) >= 11 is 0. The summed E-state index contributed by atoms with van der Waals surface area (Å²) < 4.78 is 0. The van der Waals surface area contributed by atoms with Crippen LogP contribution in [0.3, 0.4) is 0 Å². The second kappa shape index (κ2) is 13.7. The molecule has 0 unspecified atom stereocenters. The van der Waals surface area contributed by atoms with Gasteiger partial charge in [-0.3, -0.25) is 9.59 Å². The van der Waals surface area contributed by atoms with Gasteiger partial charge in [-0.1, -0.05) is 78.9 Å². The smallest absolute Gasteiger partial charge is 0.261 e. The molecule has 3 aromatic carbocycles. The summed E-state index contributed by atoms with van der Waals surface area (Å²) in [5.74, 6) is -0.908. The monoisotopic (exact) mass is 474 g/mol. The molecule has 0 bridgehead atoms. The van der Waals surface area contributed by atoms with E-state index in [1.54, 1.807) is 24.3 Å². The summed E-state index contributed by atoms with van der Waals surface area (Å²) in [5, 5.41) is 24.5. The van der Waals surface area contributed by atoms with Gasteiger partial charge in [-0.05, 0) is 53.3 Å². The van der Waals surface area contributed by atoms with Gasteiger partial charge < -0.3 is 10.6 Å².